The lowest BCUT2D eigenvalue weighted by molar-refractivity contribution is 0.484. The third-order valence-corrected chi connectivity index (χ3v) is 11.1. The fourth-order valence-electron chi connectivity index (χ4n) is 3.81. The molecule has 0 saturated carbocycles. The zero-order chi connectivity index (χ0) is 29.5. The van der Waals surface area contributed by atoms with Crippen molar-refractivity contribution in [3.63, 3.8) is 0 Å². The van der Waals surface area contributed by atoms with E-state index in [1.54, 1.807) is 36.4 Å². The number of aryl methyl sites for hydroxylation is 2. The van der Waals surface area contributed by atoms with Crippen LogP contribution in [0.5, 0.6) is 11.5 Å². The van der Waals surface area contributed by atoms with Crippen molar-refractivity contribution < 1.29 is 25.2 Å². The number of azo groups is 1. The van der Waals surface area contributed by atoms with Crippen molar-refractivity contribution in [2.45, 2.75) is 22.5 Å². The van der Waals surface area contributed by atoms with Crippen molar-refractivity contribution in [3.8, 4) is 11.5 Å². The van der Waals surface area contributed by atoms with E-state index in [9.17, 15) is 16.8 Å². The first kappa shape index (κ1) is 27.9. The molecule has 0 unspecified atom stereocenters. The van der Waals surface area contributed by atoms with Crippen LogP contribution in [0.25, 0.3) is 20.4 Å². The van der Waals surface area contributed by atoms with Gasteiger partial charge in [-0.3, -0.25) is 0 Å². The van der Waals surface area contributed by atoms with Gasteiger partial charge in [-0.15, -0.1) is 0 Å². The molecule has 0 aliphatic carbocycles. The lowest BCUT2D eigenvalue weighted by Gasteiger charge is -2.04. The minimum atomic E-state index is -4.10. The highest BCUT2D eigenvalue weighted by Gasteiger charge is 2.23. The fraction of sp³-hybridized carbons (Fsp3) is 0.0714. The number of nitrogens with zero attached hydrogens (tertiary/aromatic N) is 4. The standard InChI is InChI=1S/C28H20N4O6S4/c1-17-3-13-23-25(15-17)39-27(29-23)41(33,34)37-21-9-5-19(6-10-21)31-32-20-7-11-22(12-8-20)38-42(35,36)28-30-24-14-4-18(2)16-26(24)40-28/h3-16H,1-2H3. The van der Waals surface area contributed by atoms with Gasteiger partial charge in [0.1, 0.15) is 11.5 Å². The predicted octanol–water partition coefficient (Wildman–Crippen LogP) is 7.47. The van der Waals surface area contributed by atoms with Gasteiger partial charge >= 0.3 is 20.2 Å². The second-order valence-electron chi connectivity index (χ2n) is 9.16. The van der Waals surface area contributed by atoms with E-state index in [-0.39, 0.29) is 20.2 Å². The summed E-state index contributed by atoms with van der Waals surface area (Å²) in [6, 6.07) is 23.1. The number of hydrogen-bond donors (Lipinski definition) is 0. The van der Waals surface area contributed by atoms with Crippen molar-refractivity contribution >= 4 is 74.7 Å². The molecule has 10 nitrogen and oxygen atoms in total. The van der Waals surface area contributed by atoms with Crippen LogP contribution in [0, 0.1) is 13.8 Å². The van der Waals surface area contributed by atoms with E-state index in [1.165, 1.54) is 24.3 Å². The summed E-state index contributed by atoms with van der Waals surface area (Å²) in [5.41, 5.74) is 4.09. The monoisotopic (exact) mass is 636 g/mol. The highest BCUT2D eigenvalue weighted by Crippen LogP contribution is 2.31. The molecule has 4 aromatic carbocycles. The molecule has 0 radical (unpaired) electrons. The number of thiazole rings is 2. The molecule has 42 heavy (non-hydrogen) atoms. The van der Waals surface area contributed by atoms with E-state index in [0.717, 1.165) is 43.2 Å². The van der Waals surface area contributed by atoms with E-state index in [2.05, 4.69) is 20.2 Å². The average Bonchev–Trinajstić information content (AvgIpc) is 3.58. The summed E-state index contributed by atoms with van der Waals surface area (Å²) in [4.78, 5) is 8.36. The summed E-state index contributed by atoms with van der Waals surface area (Å²) in [6.45, 7) is 3.85. The Morgan fingerprint density at radius 3 is 1.33 bits per heavy atom. The third-order valence-electron chi connectivity index (χ3n) is 5.84. The molecule has 0 fully saturated rings. The first-order chi connectivity index (χ1) is 20.0. The van der Waals surface area contributed by atoms with Crippen molar-refractivity contribution in [3.05, 3.63) is 96.1 Å². The van der Waals surface area contributed by atoms with E-state index in [4.69, 9.17) is 8.37 Å². The zero-order valence-electron chi connectivity index (χ0n) is 22.0. The van der Waals surface area contributed by atoms with Crippen LogP contribution in [-0.2, 0) is 20.2 Å². The molecular weight excluding hydrogens is 617 g/mol. The summed E-state index contributed by atoms with van der Waals surface area (Å²) in [6.07, 6.45) is 0. The molecular formula is C28H20N4O6S4. The molecule has 212 valence electrons. The lowest BCUT2D eigenvalue weighted by Crippen LogP contribution is -2.09. The highest BCUT2D eigenvalue weighted by atomic mass is 32.3. The van der Waals surface area contributed by atoms with Gasteiger partial charge in [-0.25, -0.2) is 9.97 Å². The Kier molecular flexibility index (Phi) is 7.22. The van der Waals surface area contributed by atoms with E-state index in [1.807, 2.05) is 38.1 Å². The van der Waals surface area contributed by atoms with Gasteiger partial charge in [0.05, 0.1) is 31.8 Å². The highest BCUT2D eigenvalue weighted by molar-refractivity contribution is 7.89. The summed E-state index contributed by atoms with van der Waals surface area (Å²) >= 11 is 2.10. The summed E-state index contributed by atoms with van der Waals surface area (Å²) in [7, 11) is -8.21. The topological polar surface area (TPSA) is 137 Å². The molecule has 6 rings (SSSR count). The first-order valence-electron chi connectivity index (χ1n) is 12.3. The number of fused-ring (bicyclic) bond motifs is 2. The normalized spacial score (nSPS) is 12.3. The fourth-order valence-corrected chi connectivity index (χ4v) is 8.25. The molecule has 0 spiro atoms. The van der Waals surface area contributed by atoms with E-state index >= 15 is 0 Å². The van der Waals surface area contributed by atoms with Gasteiger partial charge in [0.15, 0.2) is 0 Å². The van der Waals surface area contributed by atoms with Crippen LogP contribution >= 0.6 is 22.7 Å². The van der Waals surface area contributed by atoms with Crippen LogP contribution in [0.1, 0.15) is 11.1 Å². The van der Waals surface area contributed by atoms with Gasteiger partial charge < -0.3 is 8.37 Å². The number of aromatic nitrogens is 2. The SMILES string of the molecule is Cc1ccc2nc(S(=O)(=O)Oc3ccc(N=Nc4ccc(OS(=O)(=O)c5nc6ccc(C)cc6s5)cc4)cc3)sc2c1. The molecule has 0 atom stereocenters. The Hall–Kier alpha value is -4.24. The molecule has 0 aliphatic heterocycles. The summed E-state index contributed by atoms with van der Waals surface area (Å²) in [5, 5.41) is 8.27. The maximum absolute atomic E-state index is 12.7. The second kappa shape index (κ2) is 10.9. The van der Waals surface area contributed by atoms with Crippen molar-refractivity contribution in [1.82, 2.24) is 9.97 Å². The maximum Gasteiger partial charge on any atom is 0.366 e. The maximum atomic E-state index is 12.7. The van der Waals surface area contributed by atoms with Crippen molar-refractivity contribution in [2.24, 2.45) is 10.2 Å². The number of benzene rings is 4. The van der Waals surface area contributed by atoms with Gasteiger partial charge in [-0.1, -0.05) is 34.8 Å². The van der Waals surface area contributed by atoms with Crippen molar-refractivity contribution in [1.29, 1.82) is 0 Å². The van der Waals surface area contributed by atoms with Crippen LogP contribution in [-0.4, -0.2) is 26.8 Å². The summed E-state index contributed by atoms with van der Waals surface area (Å²) in [5.74, 6) is 0.214. The second-order valence-corrected chi connectivity index (χ2v) is 14.7. The number of rotatable bonds is 8. The molecule has 0 aliphatic rings. The van der Waals surface area contributed by atoms with Gasteiger partial charge in [0.2, 0.25) is 8.68 Å². The van der Waals surface area contributed by atoms with E-state index < -0.39 is 20.2 Å². The van der Waals surface area contributed by atoms with Gasteiger partial charge in [-0.05, 0) is 97.8 Å². The van der Waals surface area contributed by atoms with Gasteiger partial charge in [0.25, 0.3) is 0 Å². The van der Waals surface area contributed by atoms with Crippen LogP contribution in [0.4, 0.5) is 11.4 Å². The quantitative estimate of drug-likeness (QED) is 0.124. The first-order valence-corrected chi connectivity index (χ1v) is 16.7. The Bertz CT molecular complexity index is 2030. The molecule has 2 heterocycles. The summed E-state index contributed by atoms with van der Waals surface area (Å²) < 4.78 is 62.7. The van der Waals surface area contributed by atoms with Crippen molar-refractivity contribution in [2.75, 3.05) is 0 Å². The number of hydrogen-bond acceptors (Lipinski definition) is 12. The smallest absolute Gasteiger partial charge is 0.366 e. The van der Waals surface area contributed by atoms with Crippen LogP contribution in [0.15, 0.2) is 104 Å². The average molecular weight is 637 g/mol. The van der Waals surface area contributed by atoms with Crippen LogP contribution in [0.3, 0.4) is 0 Å². The molecule has 0 bridgehead atoms. The van der Waals surface area contributed by atoms with Crippen LogP contribution in [0.2, 0.25) is 0 Å². The molecule has 14 heteroatoms. The molecule has 6 aromatic rings. The third kappa shape index (κ3) is 6.01. The van der Waals surface area contributed by atoms with Gasteiger partial charge in [0, 0.05) is 0 Å². The molecule has 2 aromatic heterocycles. The molecule has 0 amide bonds. The molecule has 0 saturated heterocycles. The van der Waals surface area contributed by atoms with Crippen LogP contribution < -0.4 is 8.37 Å². The van der Waals surface area contributed by atoms with E-state index in [0.29, 0.717) is 22.4 Å². The Balaban J connectivity index is 1.10. The Labute approximate surface area is 249 Å². The molecule has 0 N–H and O–H groups in total. The zero-order valence-corrected chi connectivity index (χ0v) is 25.2. The Morgan fingerprint density at radius 1 is 0.571 bits per heavy atom. The minimum Gasteiger partial charge on any atom is -0.377 e. The minimum absolute atomic E-state index is 0.107. The lowest BCUT2D eigenvalue weighted by atomic mass is 10.2. The Morgan fingerprint density at radius 2 is 0.952 bits per heavy atom. The predicted molar refractivity (Wildman–Crippen MR) is 161 cm³/mol. The largest absolute Gasteiger partial charge is 0.377 e. The van der Waals surface area contributed by atoms with Gasteiger partial charge in [-0.2, -0.15) is 27.1 Å².